The summed E-state index contributed by atoms with van der Waals surface area (Å²) in [7, 11) is 3.71. The van der Waals surface area contributed by atoms with E-state index in [1.54, 1.807) is 5.01 Å². The normalized spacial score (nSPS) is 36.8. The van der Waals surface area contributed by atoms with E-state index in [0.717, 1.165) is 31.1 Å². The first kappa shape index (κ1) is 15.9. The van der Waals surface area contributed by atoms with E-state index in [1.165, 1.54) is 30.4 Å². The van der Waals surface area contributed by atoms with Crippen LogP contribution in [-0.4, -0.2) is 30.7 Å². The molecule has 0 unspecified atom stereocenters. The molecule has 4 heteroatoms. The van der Waals surface area contributed by atoms with Gasteiger partial charge in [-0.25, -0.2) is 9.80 Å². The van der Waals surface area contributed by atoms with E-state index in [1.807, 2.05) is 14.1 Å². The van der Waals surface area contributed by atoms with Crippen LogP contribution in [0.15, 0.2) is 24.3 Å². The Balaban J connectivity index is 1.62. The Kier molecular flexibility index (Phi) is 3.64. The first-order valence-electron chi connectivity index (χ1n) is 9.21. The first-order chi connectivity index (χ1) is 11.4. The van der Waals surface area contributed by atoms with Gasteiger partial charge >= 0.3 is 6.03 Å². The summed E-state index contributed by atoms with van der Waals surface area (Å²) in [6, 6.07) is 9.09. The summed E-state index contributed by atoms with van der Waals surface area (Å²) in [5.41, 5.74) is 5.92. The van der Waals surface area contributed by atoms with Gasteiger partial charge in [-0.05, 0) is 68.3 Å². The van der Waals surface area contributed by atoms with E-state index >= 15 is 0 Å². The predicted octanol–water partition coefficient (Wildman–Crippen LogP) is 3.36. The highest BCUT2D eigenvalue weighted by Crippen LogP contribution is 2.62. The maximum absolute atomic E-state index is 12.4. The third kappa shape index (κ3) is 2.71. The quantitative estimate of drug-likeness (QED) is 0.836. The number of urea groups is 1. The molecule has 2 N–H and O–H groups in total. The van der Waals surface area contributed by atoms with Crippen molar-refractivity contribution in [1.29, 1.82) is 0 Å². The molecule has 4 bridgehead atoms. The minimum atomic E-state index is -0.0546. The third-order valence-electron chi connectivity index (χ3n) is 6.43. The summed E-state index contributed by atoms with van der Waals surface area (Å²) < 4.78 is 0. The number of carbonyl (C=O) groups is 1. The lowest BCUT2D eigenvalue weighted by molar-refractivity contribution is -0.0356. The summed E-state index contributed by atoms with van der Waals surface area (Å²) in [5.74, 6) is 1.51. The van der Waals surface area contributed by atoms with Gasteiger partial charge < -0.3 is 5.32 Å². The molecule has 4 fully saturated rings. The zero-order valence-electron chi connectivity index (χ0n) is 15.1. The van der Waals surface area contributed by atoms with Gasteiger partial charge in [-0.1, -0.05) is 29.8 Å². The molecule has 2 atom stereocenters. The number of carbonyl (C=O) groups excluding carboxylic acids is 1. The van der Waals surface area contributed by atoms with Crippen LogP contribution in [0.2, 0.25) is 0 Å². The van der Waals surface area contributed by atoms with E-state index in [4.69, 9.17) is 0 Å². The summed E-state index contributed by atoms with van der Waals surface area (Å²) in [5, 5.41) is 5.08. The van der Waals surface area contributed by atoms with Crippen LogP contribution < -0.4 is 10.7 Å². The fourth-order valence-corrected chi connectivity index (χ4v) is 6.13. The van der Waals surface area contributed by atoms with Crippen molar-refractivity contribution in [2.24, 2.45) is 11.8 Å². The van der Waals surface area contributed by atoms with Gasteiger partial charge in [-0.3, -0.25) is 5.43 Å². The van der Waals surface area contributed by atoms with Crippen molar-refractivity contribution in [3.05, 3.63) is 35.4 Å². The van der Waals surface area contributed by atoms with E-state index in [2.05, 4.69) is 41.9 Å². The Bertz CT molecular complexity index is 623. The van der Waals surface area contributed by atoms with Gasteiger partial charge in [0, 0.05) is 19.6 Å². The zero-order valence-corrected chi connectivity index (χ0v) is 15.1. The van der Waals surface area contributed by atoms with Gasteiger partial charge in [-0.2, -0.15) is 0 Å². The topological polar surface area (TPSA) is 44.4 Å². The van der Waals surface area contributed by atoms with Gasteiger partial charge in [0.15, 0.2) is 0 Å². The highest BCUT2D eigenvalue weighted by atomic mass is 16.2. The van der Waals surface area contributed by atoms with E-state index in [-0.39, 0.29) is 17.0 Å². The molecule has 5 rings (SSSR count). The highest BCUT2D eigenvalue weighted by molar-refractivity contribution is 5.74. The minimum Gasteiger partial charge on any atom is -0.332 e. The summed E-state index contributed by atoms with van der Waals surface area (Å²) in [6.07, 6.45) is 7.34. The van der Waals surface area contributed by atoms with Crippen molar-refractivity contribution in [1.82, 2.24) is 15.8 Å². The number of hydrazine groups is 1. The van der Waals surface area contributed by atoms with Crippen LogP contribution in [0.5, 0.6) is 0 Å². The second-order valence-corrected chi connectivity index (χ2v) is 8.85. The Hall–Kier alpha value is -1.55. The lowest BCUT2D eigenvalue weighted by Crippen LogP contribution is -2.66. The predicted molar refractivity (Wildman–Crippen MR) is 95.6 cm³/mol. The Morgan fingerprint density at radius 3 is 2.29 bits per heavy atom. The summed E-state index contributed by atoms with van der Waals surface area (Å²) >= 11 is 0. The van der Waals surface area contributed by atoms with Crippen LogP contribution in [0.25, 0.3) is 0 Å². The molecule has 4 nitrogen and oxygen atoms in total. The molecular formula is C20H29N3O. The molecular weight excluding hydrogens is 298 g/mol. The van der Waals surface area contributed by atoms with Crippen LogP contribution in [0.1, 0.15) is 49.7 Å². The molecule has 4 aliphatic rings. The number of amides is 2. The molecule has 1 aromatic rings. The number of aryl methyl sites for hydroxylation is 1. The average Bonchev–Trinajstić information content (AvgIpc) is 2.44. The molecule has 24 heavy (non-hydrogen) atoms. The van der Waals surface area contributed by atoms with Crippen LogP contribution in [0.3, 0.4) is 0 Å². The molecule has 0 spiro atoms. The van der Waals surface area contributed by atoms with E-state index in [0.29, 0.717) is 0 Å². The molecule has 0 radical (unpaired) electrons. The second-order valence-electron chi connectivity index (χ2n) is 8.85. The Labute approximate surface area is 145 Å². The monoisotopic (exact) mass is 327 g/mol. The second kappa shape index (κ2) is 5.48. The van der Waals surface area contributed by atoms with Crippen LogP contribution >= 0.6 is 0 Å². The van der Waals surface area contributed by atoms with Gasteiger partial charge in [-0.15, -0.1) is 0 Å². The molecule has 0 aliphatic heterocycles. The number of nitrogens with one attached hydrogen (secondary N) is 2. The number of hydrogen-bond donors (Lipinski definition) is 2. The van der Waals surface area contributed by atoms with Crippen LogP contribution in [0, 0.1) is 18.8 Å². The standard InChI is InChI=1S/C20H29N3O/c1-14-4-6-17(7-5-14)19-9-15-8-16(10-19)12-20(11-15,13-19)21-18(24)22-23(2)3/h4-7,15-16H,8-13H2,1-3H3,(H2,21,22,24)/t15-,16-,19?,20?/m1/s1. The van der Waals surface area contributed by atoms with Gasteiger partial charge in [0.25, 0.3) is 0 Å². The number of hydrogen-bond acceptors (Lipinski definition) is 2. The summed E-state index contributed by atoms with van der Waals surface area (Å²) in [4.78, 5) is 12.4. The fourth-order valence-electron chi connectivity index (χ4n) is 6.13. The van der Waals surface area contributed by atoms with Gasteiger partial charge in [0.05, 0.1) is 0 Å². The maximum Gasteiger partial charge on any atom is 0.329 e. The van der Waals surface area contributed by atoms with E-state index < -0.39 is 0 Å². The highest BCUT2D eigenvalue weighted by Gasteiger charge is 2.58. The van der Waals surface area contributed by atoms with Gasteiger partial charge in [0.2, 0.25) is 0 Å². The molecule has 130 valence electrons. The van der Waals surface area contributed by atoms with Crippen molar-refractivity contribution < 1.29 is 4.79 Å². The summed E-state index contributed by atoms with van der Waals surface area (Å²) in [6.45, 7) is 2.15. The largest absolute Gasteiger partial charge is 0.332 e. The van der Waals surface area contributed by atoms with Crippen molar-refractivity contribution in [2.75, 3.05) is 14.1 Å². The van der Waals surface area contributed by atoms with Crippen molar-refractivity contribution in [3.8, 4) is 0 Å². The van der Waals surface area contributed by atoms with Crippen molar-refractivity contribution in [3.63, 3.8) is 0 Å². The SMILES string of the molecule is Cc1ccc(C23C[C@H]4C[C@@H](CC(NC(=O)NN(C)C)(C4)C2)C3)cc1. The first-order valence-corrected chi connectivity index (χ1v) is 9.21. The number of benzene rings is 1. The van der Waals surface area contributed by atoms with Crippen LogP contribution in [0.4, 0.5) is 4.79 Å². The van der Waals surface area contributed by atoms with Gasteiger partial charge in [0.1, 0.15) is 0 Å². The maximum atomic E-state index is 12.4. The van der Waals surface area contributed by atoms with Crippen molar-refractivity contribution >= 4 is 6.03 Å². The third-order valence-corrected chi connectivity index (χ3v) is 6.43. The number of rotatable bonds is 3. The molecule has 0 heterocycles. The Morgan fingerprint density at radius 2 is 1.71 bits per heavy atom. The molecule has 4 saturated carbocycles. The Morgan fingerprint density at radius 1 is 1.08 bits per heavy atom. The number of nitrogens with zero attached hydrogens (tertiary/aromatic N) is 1. The van der Waals surface area contributed by atoms with Crippen molar-refractivity contribution in [2.45, 2.75) is 56.4 Å². The smallest absolute Gasteiger partial charge is 0.329 e. The zero-order chi connectivity index (χ0) is 16.9. The van der Waals surface area contributed by atoms with Crippen LogP contribution in [-0.2, 0) is 5.41 Å². The molecule has 4 aliphatic carbocycles. The molecule has 1 aromatic carbocycles. The molecule has 2 amide bonds. The lowest BCUT2D eigenvalue weighted by Gasteiger charge is -2.62. The van der Waals surface area contributed by atoms with E-state index in [9.17, 15) is 4.79 Å². The fraction of sp³-hybridized carbons (Fsp3) is 0.650. The average molecular weight is 327 g/mol. The molecule has 0 saturated heterocycles. The minimum absolute atomic E-state index is 0.0188. The molecule has 0 aromatic heterocycles. The lowest BCUT2D eigenvalue weighted by atomic mass is 9.45.